The maximum atomic E-state index is 5.96. The minimum Gasteiger partial charge on any atom is -0.378 e. The summed E-state index contributed by atoms with van der Waals surface area (Å²) < 4.78 is 5.96. The zero-order chi connectivity index (χ0) is 13.2. The van der Waals surface area contributed by atoms with E-state index in [0.29, 0.717) is 12.1 Å². The molecule has 108 valence electrons. The molecule has 2 N–H and O–H groups in total. The fourth-order valence-electron chi connectivity index (χ4n) is 2.76. The SMILES string of the molecule is CCCN(CCC)CCCOC1CCC(N)CC1. The molecule has 0 saturated heterocycles. The number of nitrogens with zero attached hydrogens (tertiary/aromatic N) is 1. The number of rotatable bonds is 9. The van der Waals surface area contributed by atoms with Crippen molar-refractivity contribution >= 4 is 0 Å². The summed E-state index contributed by atoms with van der Waals surface area (Å²) in [5, 5.41) is 0. The molecule has 0 amide bonds. The van der Waals surface area contributed by atoms with Gasteiger partial charge in [0.2, 0.25) is 0 Å². The first-order chi connectivity index (χ1) is 8.76. The van der Waals surface area contributed by atoms with Gasteiger partial charge in [-0.05, 0) is 58.0 Å². The Morgan fingerprint density at radius 2 is 1.61 bits per heavy atom. The molecule has 0 aromatic carbocycles. The zero-order valence-corrected chi connectivity index (χ0v) is 12.4. The molecule has 0 heterocycles. The smallest absolute Gasteiger partial charge is 0.0576 e. The van der Waals surface area contributed by atoms with Crippen LogP contribution in [-0.4, -0.2) is 43.3 Å². The molecule has 1 aliphatic carbocycles. The first-order valence-corrected chi connectivity index (χ1v) is 7.85. The van der Waals surface area contributed by atoms with Crippen LogP contribution < -0.4 is 5.73 Å². The van der Waals surface area contributed by atoms with Gasteiger partial charge < -0.3 is 15.4 Å². The zero-order valence-electron chi connectivity index (χ0n) is 12.4. The predicted molar refractivity (Wildman–Crippen MR) is 77.8 cm³/mol. The number of hydrogen-bond donors (Lipinski definition) is 1. The van der Waals surface area contributed by atoms with Gasteiger partial charge >= 0.3 is 0 Å². The molecule has 3 heteroatoms. The van der Waals surface area contributed by atoms with Crippen LogP contribution in [0, 0.1) is 0 Å². The highest BCUT2D eigenvalue weighted by atomic mass is 16.5. The lowest BCUT2D eigenvalue weighted by Crippen LogP contribution is -2.31. The average molecular weight is 256 g/mol. The van der Waals surface area contributed by atoms with Gasteiger partial charge in [0.05, 0.1) is 6.10 Å². The van der Waals surface area contributed by atoms with E-state index in [4.69, 9.17) is 10.5 Å². The van der Waals surface area contributed by atoms with E-state index in [0.717, 1.165) is 32.3 Å². The molecule has 0 unspecified atom stereocenters. The van der Waals surface area contributed by atoms with Gasteiger partial charge in [0.25, 0.3) is 0 Å². The van der Waals surface area contributed by atoms with Crippen molar-refractivity contribution in [3.63, 3.8) is 0 Å². The highest BCUT2D eigenvalue weighted by Gasteiger charge is 2.18. The van der Waals surface area contributed by atoms with E-state index in [9.17, 15) is 0 Å². The van der Waals surface area contributed by atoms with Crippen molar-refractivity contribution < 1.29 is 4.74 Å². The molecule has 0 spiro atoms. The van der Waals surface area contributed by atoms with E-state index in [1.54, 1.807) is 0 Å². The predicted octanol–water partition coefficient (Wildman–Crippen LogP) is 2.79. The molecule has 0 radical (unpaired) electrons. The lowest BCUT2D eigenvalue weighted by molar-refractivity contribution is 0.0204. The van der Waals surface area contributed by atoms with Crippen molar-refractivity contribution in [3.05, 3.63) is 0 Å². The third-order valence-corrected chi connectivity index (χ3v) is 3.77. The summed E-state index contributed by atoms with van der Waals surface area (Å²) in [6.07, 6.45) is 8.76. The standard InChI is InChI=1S/C15H32N2O/c1-3-10-17(11-4-2)12-5-13-18-15-8-6-14(16)7-9-15/h14-15H,3-13,16H2,1-2H3. The maximum absolute atomic E-state index is 5.96. The third-order valence-electron chi connectivity index (χ3n) is 3.77. The lowest BCUT2D eigenvalue weighted by Gasteiger charge is -2.27. The summed E-state index contributed by atoms with van der Waals surface area (Å²) in [4.78, 5) is 2.56. The van der Waals surface area contributed by atoms with Crippen molar-refractivity contribution in [2.24, 2.45) is 5.73 Å². The highest BCUT2D eigenvalue weighted by Crippen LogP contribution is 2.19. The molecule has 1 saturated carbocycles. The van der Waals surface area contributed by atoms with Gasteiger partial charge in [-0.2, -0.15) is 0 Å². The molecule has 1 rings (SSSR count). The van der Waals surface area contributed by atoms with E-state index in [-0.39, 0.29) is 0 Å². The summed E-state index contributed by atoms with van der Waals surface area (Å²) in [5.41, 5.74) is 5.90. The van der Waals surface area contributed by atoms with Gasteiger partial charge in [-0.25, -0.2) is 0 Å². The highest BCUT2D eigenvalue weighted by molar-refractivity contribution is 4.74. The monoisotopic (exact) mass is 256 g/mol. The van der Waals surface area contributed by atoms with Gasteiger partial charge in [-0.3, -0.25) is 0 Å². The molecule has 1 aliphatic rings. The van der Waals surface area contributed by atoms with Crippen LogP contribution in [0.2, 0.25) is 0 Å². The summed E-state index contributed by atoms with van der Waals surface area (Å²) in [5.74, 6) is 0. The molecule has 0 aromatic heterocycles. The fourth-order valence-corrected chi connectivity index (χ4v) is 2.76. The van der Waals surface area contributed by atoms with E-state index in [2.05, 4.69) is 18.7 Å². The Labute approximate surface area is 113 Å². The van der Waals surface area contributed by atoms with E-state index >= 15 is 0 Å². The van der Waals surface area contributed by atoms with Crippen molar-refractivity contribution in [1.29, 1.82) is 0 Å². The number of ether oxygens (including phenoxy) is 1. The van der Waals surface area contributed by atoms with Crippen LogP contribution in [0.4, 0.5) is 0 Å². The van der Waals surface area contributed by atoms with Gasteiger partial charge in [0.1, 0.15) is 0 Å². The molecule has 0 atom stereocenters. The summed E-state index contributed by atoms with van der Waals surface area (Å²) in [7, 11) is 0. The van der Waals surface area contributed by atoms with Crippen LogP contribution >= 0.6 is 0 Å². The summed E-state index contributed by atoms with van der Waals surface area (Å²) >= 11 is 0. The van der Waals surface area contributed by atoms with E-state index < -0.39 is 0 Å². The topological polar surface area (TPSA) is 38.5 Å². The molecular formula is C15H32N2O. The average Bonchev–Trinajstić information content (AvgIpc) is 2.37. The van der Waals surface area contributed by atoms with E-state index in [1.807, 2.05) is 0 Å². The lowest BCUT2D eigenvalue weighted by atomic mass is 9.94. The first-order valence-electron chi connectivity index (χ1n) is 7.85. The Balaban J connectivity index is 2.02. The third kappa shape index (κ3) is 6.72. The van der Waals surface area contributed by atoms with Crippen molar-refractivity contribution in [3.8, 4) is 0 Å². The second-order valence-electron chi connectivity index (χ2n) is 5.60. The Morgan fingerprint density at radius 3 is 2.17 bits per heavy atom. The van der Waals surface area contributed by atoms with Gasteiger partial charge in [-0.1, -0.05) is 13.8 Å². The molecular weight excluding hydrogens is 224 g/mol. The normalized spacial score (nSPS) is 24.7. The van der Waals surface area contributed by atoms with Crippen LogP contribution in [0.25, 0.3) is 0 Å². The van der Waals surface area contributed by atoms with Crippen molar-refractivity contribution in [2.45, 2.75) is 70.9 Å². The van der Waals surface area contributed by atoms with Crippen LogP contribution in [-0.2, 0) is 4.74 Å². The minimum absolute atomic E-state index is 0.425. The number of nitrogens with two attached hydrogens (primary N) is 1. The van der Waals surface area contributed by atoms with Crippen LogP contribution in [0.3, 0.4) is 0 Å². The quantitative estimate of drug-likeness (QED) is 0.645. The molecule has 1 fully saturated rings. The van der Waals surface area contributed by atoms with E-state index in [1.165, 1.54) is 38.9 Å². The molecule has 0 aliphatic heterocycles. The van der Waals surface area contributed by atoms with Crippen molar-refractivity contribution in [2.75, 3.05) is 26.2 Å². The van der Waals surface area contributed by atoms with Crippen LogP contribution in [0.15, 0.2) is 0 Å². The Bertz CT molecular complexity index is 185. The van der Waals surface area contributed by atoms with Gasteiger partial charge in [0.15, 0.2) is 0 Å². The van der Waals surface area contributed by atoms with Crippen LogP contribution in [0.5, 0.6) is 0 Å². The Hall–Kier alpha value is -0.120. The minimum atomic E-state index is 0.425. The summed E-state index contributed by atoms with van der Waals surface area (Å²) in [6, 6.07) is 0.425. The maximum Gasteiger partial charge on any atom is 0.0576 e. The molecule has 3 nitrogen and oxygen atoms in total. The Kier molecular flexibility index (Phi) is 8.64. The molecule has 0 aromatic rings. The largest absolute Gasteiger partial charge is 0.378 e. The second kappa shape index (κ2) is 9.76. The molecule has 0 bridgehead atoms. The van der Waals surface area contributed by atoms with Gasteiger partial charge in [-0.15, -0.1) is 0 Å². The van der Waals surface area contributed by atoms with Crippen molar-refractivity contribution in [1.82, 2.24) is 4.90 Å². The summed E-state index contributed by atoms with van der Waals surface area (Å²) in [6.45, 7) is 9.07. The second-order valence-corrected chi connectivity index (χ2v) is 5.60. The number of hydrogen-bond acceptors (Lipinski definition) is 3. The molecule has 18 heavy (non-hydrogen) atoms. The Morgan fingerprint density at radius 1 is 1.00 bits per heavy atom. The van der Waals surface area contributed by atoms with Crippen LogP contribution in [0.1, 0.15) is 58.8 Å². The fraction of sp³-hybridized carbons (Fsp3) is 1.00. The first kappa shape index (κ1) is 15.9. The van der Waals surface area contributed by atoms with Gasteiger partial charge in [0, 0.05) is 19.2 Å².